The molecule has 0 bridgehead atoms. The van der Waals surface area contributed by atoms with Crippen LogP contribution in [0.3, 0.4) is 0 Å². The van der Waals surface area contributed by atoms with Gasteiger partial charge in [-0.1, -0.05) is 56.3 Å². The third-order valence-corrected chi connectivity index (χ3v) is 8.77. The third kappa shape index (κ3) is 3.14. The largest absolute Gasteiger partial charge is 0.489 e. The molecule has 0 radical (unpaired) electrons. The molecule has 0 amide bonds. The molecular formula is C28H34O. The molecule has 2 aromatic carbocycles. The molecule has 0 spiro atoms. The quantitative estimate of drug-likeness (QED) is 0.506. The van der Waals surface area contributed by atoms with E-state index in [1.807, 2.05) is 0 Å². The Bertz CT molecular complexity index is 884. The lowest BCUT2D eigenvalue weighted by Crippen LogP contribution is -2.45. The van der Waals surface area contributed by atoms with Crippen LogP contribution in [0.2, 0.25) is 0 Å². The van der Waals surface area contributed by atoms with Gasteiger partial charge in [0.15, 0.2) is 0 Å². The van der Waals surface area contributed by atoms with Gasteiger partial charge in [-0.15, -0.1) is 6.58 Å². The Morgan fingerprint density at radius 1 is 1.10 bits per heavy atom. The second-order valence-corrected chi connectivity index (χ2v) is 10.1. The van der Waals surface area contributed by atoms with Crippen LogP contribution < -0.4 is 4.74 Å². The fourth-order valence-electron chi connectivity index (χ4n) is 7.06. The normalized spacial score (nSPS) is 35.3. The molecule has 2 fully saturated rings. The van der Waals surface area contributed by atoms with Gasteiger partial charge in [-0.3, -0.25) is 0 Å². The molecule has 0 heterocycles. The predicted molar refractivity (Wildman–Crippen MR) is 120 cm³/mol. The van der Waals surface area contributed by atoms with Crippen molar-refractivity contribution < 1.29 is 4.74 Å². The Labute approximate surface area is 176 Å². The van der Waals surface area contributed by atoms with Gasteiger partial charge >= 0.3 is 0 Å². The molecule has 0 aromatic heterocycles. The molecule has 4 unspecified atom stereocenters. The van der Waals surface area contributed by atoms with E-state index in [4.69, 9.17) is 4.74 Å². The first-order valence-electron chi connectivity index (χ1n) is 11.5. The van der Waals surface area contributed by atoms with Crippen molar-refractivity contribution in [2.75, 3.05) is 0 Å². The van der Waals surface area contributed by atoms with Crippen LogP contribution in [0.25, 0.3) is 0 Å². The van der Waals surface area contributed by atoms with E-state index >= 15 is 0 Å². The molecule has 29 heavy (non-hydrogen) atoms. The van der Waals surface area contributed by atoms with Crippen molar-refractivity contribution in [3.63, 3.8) is 0 Å². The highest BCUT2D eigenvalue weighted by atomic mass is 16.5. The standard InChI is InChI=1S/C28H34O/c1-4-21-17-28(3)19(2)10-15-26(28)25-13-11-22-16-23(12-14-24(22)27(21)25)29-18-20-8-6-5-7-9-20/h4-9,12,14,16,19,21,25-27H,1,10-11,13,15,17-18H2,2-3H3/t19?,21-,25?,26?,27?,28+/m0/s1. The molecule has 0 saturated heterocycles. The van der Waals surface area contributed by atoms with Gasteiger partial charge in [0.2, 0.25) is 0 Å². The molecule has 3 aliphatic rings. The molecule has 3 aliphatic carbocycles. The smallest absolute Gasteiger partial charge is 0.120 e. The Hall–Kier alpha value is -2.02. The number of fused-ring (bicyclic) bond motifs is 5. The molecule has 2 saturated carbocycles. The predicted octanol–water partition coefficient (Wildman–Crippen LogP) is 7.17. The molecule has 0 aliphatic heterocycles. The maximum atomic E-state index is 6.13. The van der Waals surface area contributed by atoms with E-state index in [-0.39, 0.29) is 0 Å². The van der Waals surface area contributed by atoms with E-state index in [1.165, 1.54) is 43.2 Å². The fraction of sp³-hybridized carbons (Fsp3) is 0.500. The van der Waals surface area contributed by atoms with Crippen LogP contribution in [0, 0.1) is 29.1 Å². The highest BCUT2D eigenvalue weighted by Gasteiger charge is 2.55. The number of aryl methyl sites for hydroxylation is 1. The summed E-state index contributed by atoms with van der Waals surface area (Å²) in [5.74, 6) is 4.84. The van der Waals surface area contributed by atoms with Crippen molar-refractivity contribution in [1.29, 1.82) is 0 Å². The SMILES string of the molecule is C=C[C@H]1C[C@]2(C)C(C)CCC2C2CCc3cc(OCc4ccccc4)ccc3C21. The van der Waals surface area contributed by atoms with Gasteiger partial charge < -0.3 is 4.74 Å². The summed E-state index contributed by atoms with van der Waals surface area (Å²) in [6.45, 7) is 9.99. The number of benzene rings is 2. The van der Waals surface area contributed by atoms with Crippen LogP contribution in [-0.4, -0.2) is 0 Å². The summed E-state index contributed by atoms with van der Waals surface area (Å²) in [7, 11) is 0. The van der Waals surface area contributed by atoms with Gasteiger partial charge in [0.1, 0.15) is 12.4 Å². The zero-order valence-electron chi connectivity index (χ0n) is 17.9. The summed E-state index contributed by atoms with van der Waals surface area (Å²) in [4.78, 5) is 0. The van der Waals surface area contributed by atoms with Crippen LogP contribution in [0.15, 0.2) is 61.2 Å². The first kappa shape index (κ1) is 19.0. The Morgan fingerprint density at radius 2 is 1.93 bits per heavy atom. The van der Waals surface area contributed by atoms with E-state index in [0.717, 1.165) is 23.5 Å². The highest BCUT2D eigenvalue weighted by Crippen LogP contribution is 2.64. The third-order valence-electron chi connectivity index (χ3n) is 8.77. The van der Waals surface area contributed by atoms with Crippen LogP contribution in [0.5, 0.6) is 5.75 Å². The van der Waals surface area contributed by atoms with Gasteiger partial charge in [-0.05, 0) is 95.9 Å². The maximum Gasteiger partial charge on any atom is 0.120 e. The first-order chi connectivity index (χ1) is 14.1. The molecule has 152 valence electrons. The van der Waals surface area contributed by atoms with Crippen molar-refractivity contribution in [2.24, 2.45) is 29.1 Å². The summed E-state index contributed by atoms with van der Waals surface area (Å²) in [5, 5.41) is 0. The van der Waals surface area contributed by atoms with Gasteiger partial charge in [0.05, 0.1) is 0 Å². The summed E-state index contributed by atoms with van der Waals surface area (Å²) < 4.78 is 6.13. The minimum absolute atomic E-state index is 0.510. The van der Waals surface area contributed by atoms with Crippen LogP contribution in [0.1, 0.15) is 62.1 Å². The molecule has 1 nitrogen and oxygen atoms in total. The van der Waals surface area contributed by atoms with E-state index in [9.17, 15) is 0 Å². The van der Waals surface area contributed by atoms with Crippen LogP contribution >= 0.6 is 0 Å². The fourth-order valence-corrected chi connectivity index (χ4v) is 7.06. The number of hydrogen-bond donors (Lipinski definition) is 0. The number of rotatable bonds is 4. The number of hydrogen-bond acceptors (Lipinski definition) is 1. The Morgan fingerprint density at radius 3 is 2.72 bits per heavy atom. The van der Waals surface area contributed by atoms with E-state index < -0.39 is 0 Å². The van der Waals surface area contributed by atoms with E-state index in [2.05, 4.69) is 75.0 Å². The zero-order chi connectivity index (χ0) is 20.0. The van der Waals surface area contributed by atoms with Crippen LogP contribution in [0.4, 0.5) is 0 Å². The van der Waals surface area contributed by atoms with Gasteiger partial charge in [0.25, 0.3) is 0 Å². The minimum atomic E-state index is 0.510. The molecule has 1 heteroatoms. The number of ether oxygens (including phenoxy) is 1. The summed E-state index contributed by atoms with van der Waals surface area (Å²) in [6, 6.07) is 17.3. The lowest BCUT2D eigenvalue weighted by molar-refractivity contribution is 0.00972. The van der Waals surface area contributed by atoms with E-state index in [1.54, 1.807) is 5.56 Å². The first-order valence-corrected chi connectivity index (χ1v) is 11.5. The number of allylic oxidation sites excluding steroid dienone is 1. The van der Waals surface area contributed by atoms with Crippen molar-refractivity contribution in [3.8, 4) is 5.75 Å². The summed E-state index contributed by atoms with van der Waals surface area (Å²) >= 11 is 0. The lowest BCUT2D eigenvalue weighted by Gasteiger charge is -2.53. The molecule has 2 aromatic rings. The second kappa shape index (κ2) is 7.35. The Balaban J connectivity index is 1.41. The molecule has 6 atom stereocenters. The van der Waals surface area contributed by atoms with Crippen molar-refractivity contribution in [2.45, 2.75) is 58.5 Å². The molecular weight excluding hydrogens is 352 g/mol. The highest BCUT2D eigenvalue weighted by molar-refractivity contribution is 5.42. The molecule has 5 rings (SSSR count). The maximum absolute atomic E-state index is 6.13. The van der Waals surface area contributed by atoms with Crippen molar-refractivity contribution in [1.82, 2.24) is 0 Å². The van der Waals surface area contributed by atoms with E-state index in [0.29, 0.717) is 23.9 Å². The molecule has 0 N–H and O–H groups in total. The average molecular weight is 387 g/mol. The van der Waals surface area contributed by atoms with Crippen molar-refractivity contribution >= 4 is 0 Å². The average Bonchev–Trinajstić information content (AvgIpc) is 3.06. The van der Waals surface area contributed by atoms with Crippen molar-refractivity contribution in [3.05, 3.63) is 77.9 Å². The lowest BCUT2D eigenvalue weighted by atomic mass is 9.51. The summed E-state index contributed by atoms with van der Waals surface area (Å²) in [6.07, 6.45) is 8.96. The van der Waals surface area contributed by atoms with Gasteiger partial charge in [-0.2, -0.15) is 0 Å². The zero-order valence-corrected chi connectivity index (χ0v) is 17.9. The Kier molecular flexibility index (Phi) is 4.81. The summed E-state index contributed by atoms with van der Waals surface area (Å²) in [5.41, 5.74) is 4.83. The monoisotopic (exact) mass is 386 g/mol. The van der Waals surface area contributed by atoms with Gasteiger partial charge in [-0.25, -0.2) is 0 Å². The van der Waals surface area contributed by atoms with Gasteiger partial charge in [0, 0.05) is 0 Å². The topological polar surface area (TPSA) is 9.23 Å². The minimum Gasteiger partial charge on any atom is -0.489 e. The second-order valence-electron chi connectivity index (χ2n) is 10.1. The van der Waals surface area contributed by atoms with Crippen LogP contribution in [-0.2, 0) is 13.0 Å².